The van der Waals surface area contributed by atoms with Gasteiger partial charge in [0.2, 0.25) is 0 Å². The second-order valence-corrected chi connectivity index (χ2v) is 7.87. The normalized spacial score (nSPS) is 14.8. The van der Waals surface area contributed by atoms with Crippen molar-refractivity contribution in [1.82, 2.24) is 4.90 Å². The Hall–Kier alpha value is -2.55. The number of nitrogens with one attached hydrogen (secondary N) is 1. The van der Waals surface area contributed by atoms with Crippen molar-refractivity contribution < 1.29 is 23.8 Å². The summed E-state index contributed by atoms with van der Waals surface area (Å²) in [6, 6.07) is 13.5. The Bertz CT molecular complexity index is 831. The Labute approximate surface area is 200 Å². The SMILES string of the molecule is CCCCOC(=O)Nc1ccc(OCC(O)CN2CCN(c3ccc(F)cc3)CC2)cc1.Cl. The summed E-state index contributed by atoms with van der Waals surface area (Å²) >= 11 is 0. The summed E-state index contributed by atoms with van der Waals surface area (Å²) in [6.07, 6.45) is 0.727. The molecule has 33 heavy (non-hydrogen) atoms. The monoisotopic (exact) mass is 481 g/mol. The lowest BCUT2D eigenvalue weighted by molar-refractivity contribution is 0.0663. The number of carbonyl (C=O) groups excluding carboxylic acids is 1. The molecule has 0 spiro atoms. The first-order chi connectivity index (χ1) is 15.5. The number of ether oxygens (including phenoxy) is 2. The average Bonchev–Trinajstić information content (AvgIpc) is 2.80. The van der Waals surface area contributed by atoms with E-state index in [2.05, 4.69) is 15.1 Å². The highest BCUT2D eigenvalue weighted by Crippen LogP contribution is 2.18. The molecule has 1 aliphatic heterocycles. The predicted octanol–water partition coefficient (Wildman–Crippen LogP) is 4.16. The number of aliphatic hydroxyl groups is 1. The van der Waals surface area contributed by atoms with Crippen molar-refractivity contribution in [2.24, 2.45) is 0 Å². The van der Waals surface area contributed by atoms with Gasteiger partial charge in [-0.15, -0.1) is 12.4 Å². The average molecular weight is 482 g/mol. The Morgan fingerprint density at radius 2 is 1.76 bits per heavy atom. The molecule has 1 unspecified atom stereocenters. The molecular weight excluding hydrogens is 449 g/mol. The van der Waals surface area contributed by atoms with Gasteiger partial charge < -0.3 is 19.5 Å². The molecule has 182 valence electrons. The van der Waals surface area contributed by atoms with Crippen LogP contribution in [-0.2, 0) is 4.74 Å². The Morgan fingerprint density at radius 1 is 1.09 bits per heavy atom. The van der Waals surface area contributed by atoms with Crippen LogP contribution in [0.5, 0.6) is 5.75 Å². The van der Waals surface area contributed by atoms with Gasteiger partial charge in [-0.25, -0.2) is 9.18 Å². The third kappa shape index (κ3) is 9.07. The highest BCUT2D eigenvalue weighted by molar-refractivity contribution is 5.85. The molecule has 1 aliphatic rings. The van der Waals surface area contributed by atoms with Gasteiger partial charge >= 0.3 is 6.09 Å². The molecular formula is C24H33ClFN3O4. The number of unbranched alkanes of at least 4 members (excludes halogenated alkanes) is 1. The van der Waals surface area contributed by atoms with Crippen molar-refractivity contribution in [3.8, 4) is 5.75 Å². The molecule has 1 saturated heterocycles. The lowest BCUT2D eigenvalue weighted by Crippen LogP contribution is -2.49. The molecule has 7 nitrogen and oxygen atoms in total. The van der Waals surface area contributed by atoms with Crippen LogP contribution in [-0.4, -0.2) is 68.1 Å². The van der Waals surface area contributed by atoms with Crippen molar-refractivity contribution in [2.75, 3.05) is 56.2 Å². The van der Waals surface area contributed by atoms with Crippen LogP contribution >= 0.6 is 12.4 Å². The predicted molar refractivity (Wildman–Crippen MR) is 130 cm³/mol. The maximum Gasteiger partial charge on any atom is 0.411 e. The maximum atomic E-state index is 13.1. The van der Waals surface area contributed by atoms with E-state index in [4.69, 9.17) is 9.47 Å². The van der Waals surface area contributed by atoms with E-state index in [0.29, 0.717) is 24.6 Å². The van der Waals surface area contributed by atoms with E-state index in [1.54, 1.807) is 36.4 Å². The highest BCUT2D eigenvalue weighted by Gasteiger charge is 2.20. The first kappa shape index (κ1) is 26.7. The zero-order chi connectivity index (χ0) is 22.8. The second kappa shape index (κ2) is 13.9. The molecule has 0 aromatic heterocycles. The van der Waals surface area contributed by atoms with E-state index in [-0.39, 0.29) is 24.8 Å². The van der Waals surface area contributed by atoms with Gasteiger partial charge in [0.25, 0.3) is 0 Å². The van der Waals surface area contributed by atoms with E-state index >= 15 is 0 Å². The number of aliphatic hydroxyl groups excluding tert-OH is 1. The number of carbonyl (C=O) groups is 1. The van der Waals surface area contributed by atoms with Crippen LogP contribution in [0.2, 0.25) is 0 Å². The molecule has 0 aliphatic carbocycles. The number of anilines is 2. The summed E-state index contributed by atoms with van der Waals surface area (Å²) in [4.78, 5) is 16.1. The molecule has 0 bridgehead atoms. The number of rotatable bonds is 10. The third-order valence-corrected chi connectivity index (χ3v) is 5.31. The van der Waals surface area contributed by atoms with Crippen LogP contribution in [0.4, 0.5) is 20.6 Å². The summed E-state index contributed by atoms with van der Waals surface area (Å²) in [5.41, 5.74) is 1.64. The topological polar surface area (TPSA) is 74.3 Å². The minimum Gasteiger partial charge on any atom is -0.491 e. The number of β-amino-alcohol motifs (C(OH)–C–C–N with tert-alkyl or cyclic N) is 1. The molecule has 2 aromatic carbocycles. The number of hydrogen-bond donors (Lipinski definition) is 2. The summed E-state index contributed by atoms with van der Waals surface area (Å²) < 4.78 is 23.8. The zero-order valence-electron chi connectivity index (χ0n) is 18.9. The van der Waals surface area contributed by atoms with Crippen LogP contribution < -0.4 is 15.0 Å². The smallest absolute Gasteiger partial charge is 0.411 e. The fourth-order valence-corrected chi connectivity index (χ4v) is 3.48. The van der Waals surface area contributed by atoms with Gasteiger partial charge in [-0.05, 0) is 55.0 Å². The van der Waals surface area contributed by atoms with Crippen LogP contribution in [0, 0.1) is 5.82 Å². The van der Waals surface area contributed by atoms with E-state index in [1.807, 2.05) is 6.92 Å². The van der Waals surface area contributed by atoms with E-state index < -0.39 is 12.2 Å². The van der Waals surface area contributed by atoms with Crippen molar-refractivity contribution in [1.29, 1.82) is 0 Å². The highest BCUT2D eigenvalue weighted by atomic mass is 35.5. The van der Waals surface area contributed by atoms with Crippen molar-refractivity contribution in [3.63, 3.8) is 0 Å². The number of benzene rings is 2. The lowest BCUT2D eigenvalue weighted by Gasteiger charge is -2.36. The molecule has 9 heteroatoms. The quantitative estimate of drug-likeness (QED) is 0.496. The second-order valence-electron chi connectivity index (χ2n) is 7.87. The Kier molecular flexibility index (Phi) is 11.2. The van der Waals surface area contributed by atoms with Gasteiger partial charge in [-0.3, -0.25) is 10.2 Å². The van der Waals surface area contributed by atoms with E-state index in [9.17, 15) is 14.3 Å². The van der Waals surface area contributed by atoms with Crippen molar-refractivity contribution >= 4 is 29.9 Å². The van der Waals surface area contributed by atoms with Gasteiger partial charge in [0, 0.05) is 44.1 Å². The summed E-state index contributed by atoms with van der Waals surface area (Å²) in [5, 5.41) is 13.0. The van der Waals surface area contributed by atoms with Crippen LogP contribution in [0.25, 0.3) is 0 Å². The molecule has 1 amide bonds. The number of amides is 1. The standard InChI is InChI=1S/C24H32FN3O4.ClH/c1-2-3-16-31-24(30)26-20-6-10-23(11-7-20)32-18-22(29)17-27-12-14-28(15-13-27)21-8-4-19(25)5-9-21;/h4-11,22,29H,2-3,12-18H2,1H3,(H,26,30);1H. The molecule has 2 aromatic rings. The fourth-order valence-electron chi connectivity index (χ4n) is 3.48. The molecule has 3 rings (SSSR count). The molecule has 1 fully saturated rings. The maximum absolute atomic E-state index is 13.1. The van der Waals surface area contributed by atoms with E-state index in [0.717, 1.165) is 44.7 Å². The van der Waals surface area contributed by atoms with Gasteiger partial charge in [-0.2, -0.15) is 0 Å². The summed E-state index contributed by atoms with van der Waals surface area (Å²) in [7, 11) is 0. The number of piperazine rings is 1. The van der Waals surface area contributed by atoms with Gasteiger partial charge in [0.15, 0.2) is 0 Å². The third-order valence-electron chi connectivity index (χ3n) is 5.31. The first-order valence-corrected chi connectivity index (χ1v) is 11.1. The molecule has 0 radical (unpaired) electrons. The number of halogens is 2. The first-order valence-electron chi connectivity index (χ1n) is 11.1. The van der Waals surface area contributed by atoms with Crippen molar-refractivity contribution in [3.05, 3.63) is 54.3 Å². The molecule has 0 saturated carbocycles. The Morgan fingerprint density at radius 3 is 2.39 bits per heavy atom. The van der Waals surface area contributed by atoms with E-state index in [1.165, 1.54) is 12.1 Å². The fraction of sp³-hybridized carbons (Fsp3) is 0.458. The summed E-state index contributed by atoms with van der Waals surface area (Å²) in [6.45, 7) is 6.45. The van der Waals surface area contributed by atoms with Crippen LogP contribution in [0.1, 0.15) is 19.8 Å². The molecule has 2 N–H and O–H groups in total. The van der Waals surface area contributed by atoms with Crippen molar-refractivity contribution in [2.45, 2.75) is 25.9 Å². The number of hydrogen-bond acceptors (Lipinski definition) is 6. The largest absolute Gasteiger partial charge is 0.491 e. The van der Waals surface area contributed by atoms with Gasteiger partial charge in [0.1, 0.15) is 24.3 Å². The summed E-state index contributed by atoms with van der Waals surface area (Å²) in [5.74, 6) is 0.390. The minimum absolute atomic E-state index is 0. The van der Waals surface area contributed by atoms with Crippen LogP contribution in [0.15, 0.2) is 48.5 Å². The van der Waals surface area contributed by atoms with Crippen LogP contribution in [0.3, 0.4) is 0 Å². The molecule has 1 atom stereocenters. The lowest BCUT2D eigenvalue weighted by atomic mass is 10.2. The molecule has 1 heterocycles. The Balaban J connectivity index is 0.00000385. The van der Waals surface area contributed by atoms with Gasteiger partial charge in [-0.1, -0.05) is 13.3 Å². The van der Waals surface area contributed by atoms with Gasteiger partial charge in [0.05, 0.1) is 6.61 Å². The number of nitrogens with zero attached hydrogens (tertiary/aromatic N) is 2. The minimum atomic E-state index is -0.612. The zero-order valence-corrected chi connectivity index (χ0v) is 19.7.